The summed E-state index contributed by atoms with van der Waals surface area (Å²) in [7, 11) is 1.57. The minimum absolute atomic E-state index is 0.0553. The molecule has 1 heterocycles. The Bertz CT molecular complexity index is 984. The molecule has 0 saturated heterocycles. The van der Waals surface area contributed by atoms with E-state index in [4.69, 9.17) is 10.5 Å². The molecule has 0 unspecified atom stereocenters. The van der Waals surface area contributed by atoms with Crippen LogP contribution in [0.15, 0.2) is 29.8 Å². The summed E-state index contributed by atoms with van der Waals surface area (Å²) in [4.78, 5) is 25.7. The third kappa shape index (κ3) is 4.07. The van der Waals surface area contributed by atoms with Crippen molar-refractivity contribution in [3.05, 3.63) is 51.4 Å². The summed E-state index contributed by atoms with van der Waals surface area (Å²) < 4.78 is 5.10. The Morgan fingerprint density at radius 1 is 1.36 bits per heavy atom. The zero-order chi connectivity index (χ0) is 20.3. The fraction of sp³-hybridized carbons (Fsp3) is 0.286. The number of hydrogen-bond acceptors (Lipinski definition) is 5. The van der Waals surface area contributed by atoms with Crippen molar-refractivity contribution in [1.29, 1.82) is 5.26 Å². The molecule has 3 rings (SSSR count). The molecule has 0 saturated carbocycles. The molecule has 0 bridgehead atoms. The summed E-state index contributed by atoms with van der Waals surface area (Å²) in [6.45, 7) is 2.16. The molecule has 28 heavy (non-hydrogen) atoms. The highest BCUT2D eigenvalue weighted by molar-refractivity contribution is 7.17. The van der Waals surface area contributed by atoms with Gasteiger partial charge in [-0.25, -0.2) is 0 Å². The van der Waals surface area contributed by atoms with E-state index < -0.39 is 11.8 Å². The van der Waals surface area contributed by atoms with Crippen molar-refractivity contribution < 1.29 is 14.3 Å². The number of nitrogens with zero attached hydrogens (tertiary/aromatic N) is 1. The summed E-state index contributed by atoms with van der Waals surface area (Å²) in [6.07, 6.45) is 4.11. The number of primary amides is 1. The zero-order valence-corrected chi connectivity index (χ0v) is 16.6. The number of methoxy groups -OCH3 is 1. The Labute approximate surface area is 167 Å². The van der Waals surface area contributed by atoms with Gasteiger partial charge in [0.2, 0.25) is 0 Å². The van der Waals surface area contributed by atoms with Crippen LogP contribution in [0.1, 0.15) is 39.7 Å². The molecular weight excluding hydrogens is 374 g/mol. The number of carbonyl (C=O) groups excluding carboxylic acids is 2. The smallest absolute Gasteiger partial charge is 0.266 e. The lowest BCUT2D eigenvalue weighted by atomic mass is 9.88. The van der Waals surface area contributed by atoms with E-state index in [2.05, 4.69) is 12.2 Å². The van der Waals surface area contributed by atoms with Gasteiger partial charge in [0.15, 0.2) is 0 Å². The third-order valence-corrected chi connectivity index (χ3v) is 5.95. The number of ether oxygens (including phenoxy) is 1. The van der Waals surface area contributed by atoms with Crippen molar-refractivity contribution in [2.24, 2.45) is 11.7 Å². The van der Waals surface area contributed by atoms with Gasteiger partial charge in [0.1, 0.15) is 22.4 Å². The van der Waals surface area contributed by atoms with Crippen molar-refractivity contribution in [2.45, 2.75) is 26.2 Å². The molecule has 1 aliphatic rings. The van der Waals surface area contributed by atoms with Crippen LogP contribution in [0.3, 0.4) is 0 Å². The normalized spacial score (nSPS) is 16.0. The number of carbonyl (C=O) groups is 2. The molecule has 144 valence electrons. The van der Waals surface area contributed by atoms with Gasteiger partial charge in [-0.2, -0.15) is 5.26 Å². The van der Waals surface area contributed by atoms with Gasteiger partial charge >= 0.3 is 0 Å². The molecule has 2 aromatic rings. The summed E-state index contributed by atoms with van der Waals surface area (Å²) in [5.74, 6) is 0.0946. The zero-order valence-electron chi connectivity index (χ0n) is 15.7. The highest BCUT2D eigenvalue weighted by atomic mass is 32.1. The molecule has 0 spiro atoms. The highest BCUT2D eigenvalue weighted by Gasteiger charge is 2.27. The van der Waals surface area contributed by atoms with Crippen LogP contribution in [0, 0.1) is 17.2 Å². The first-order chi connectivity index (χ1) is 13.4. The first kappa shape index (κ1) is 19.6. The number of amides is 2. The fourth-order valence-corrected chi connectivity index (χ4v) is 4.70. The maximum Gasteiger partial charge on any atom is 0.266 e. The van der Waals surface area contributed by atoms with Crippen molar-refractivity contribution in [2.75, 3.05) is 12.4 Å². The molecule has 1 aliphatic carbocycles. The largest absolute Gasteiger partial charge is 0.497 e. The van der Waals surface area contributed by atoms with Gasteiger partial charge in [-0.3, -0.25) is 9.59 Å². The minimum atomic E-state index is -0.563. The van der Waals surface area contributed by atoms with E-state index in [1.807, 2.05) is 6.07 Å². The van der Waals surface area contributed by atoms with Gasteiger partial charge < -0.3 is 15.8 Å². The Morgan fingerprint density at radius 3 is 2.68 bits per heavy atom. The average Bonchev–Trinajstić information content (AvgIpc) is 3.03. The number of nitrogens with one attached hydrogen (secondary N) is 1. The predicted molar refractivity (Wildman–Crippen MR) is 109 cm³/mol. The first-order valence-corrected chi connectivity index (χ1v) is 9.76. The van der Waals surface area contributed by atoms with E-state index in [0.717, 1.165) is 29.7 Å². The maximum absolute atomic E-state index is 12.7. The van der Waals surface area contributed by atoms with Crippen LogP contribution in [-0.2, 0) is 17.6 Å². The van der Waals surface area contributed by atoms with E-state index in [1.165, 1.54) is 17.4 Å². The van der Waals surface area contributed by atoms with Gasteiger partial charge in [0.05, 0.1) is 12.7 Å². The van der Waals surface area contributed by atoms with Crippen LogP contribution in [0.4, 0.5) is 5.00 Å². The lowest BCUT2D eigenvalue weighted by Crippen LogP contribution is -2.19. The molecule has 2 amide bonds. The number of anilines is 1. The van der Waals surface area contributed by atoms with E-state index in [-0.39, 0.29) is 5.57 Å². The number of nitrogens with two attached hydrogens (primary N) is 1. The Balaban J connectivity index is 1.87. The summed E-state index contributed by atoms with van der Waals surface area (Å²) in [5, 5.41) is 12.6. The maximum atomic E-state index is 12.7. The topological polar surface area (TPSA) is 105 Å². The van der Waals surface area contributed by atoms with Gasteiger partial charge in [-0.1, -0.05) is 19.1 Å². The fourth-order valence-electron chi connectivity index (χ4n) is 3.29. The number of nitriles is 1. The monoisotopic (exact) mass is 395 g/mol. The second-order valence-corrected chi connectivity index (χ2v) is 7.92. The quantitative estimate of drug-likeness (QED) is 0.597. The number of rotatable bonds is 5. The van der Waals surface area contributed by atoms with E-state index in [0.29, 0.717) is 27.8 Å². The van der Waals surface area contributed by atoms with E-state index in [1.54, 1.807) is 31.4 Å². The van der Waals surface area contributed by atoms with Crippen LogP contribution in [0.5, 0.6) is 5.75 Å². The van der Waals surface area contributed by atoms with Gasteiger partial charge in [0, 0.05) is 4.88 Å². The summed E-state index contributed by atoms with van der Waals surface area (Å²) in [6, 6.07) is 8.93. The molecule has 1 atom stereocenters. The SMILES string of the molecule is COc1ccc(/C=C(/C#N)C(=O)Nc2sc3c(c2C(N)=O)CC[C@H](C)C3)cc1. The number of benzene rings is 1. The van der Waals surface area contributed by atoms with Crippen LogP contribution < -0.4 is 15.8 Å². The Kier molecular flexibility index (Phi) is 5.81. The first-order valence-electron chi connectivity index (χ1n) is 8.94. The molecule has 1 aromatic carbocycles. The molecule has 7 heteroatoms. The highest BCUT2D eigenvalue weighted by Crippen LogP contribution is 2.39. The number of hydrogen-bond donors (Lipinski definition) is 2. The van der Waals surface area contributed by atoms with Crippen molar-refractivity contribution in [3.63, 3.8) is 0 Å². The van der Waals surface area contributed by atoms with Crippen LogP contribution in [0.2, 0.25) is 0 Å². The molecule has 0 radical (unpaired) electrons. The molecule has 3 N–H and O–H groups in total. The van der Waals surface area contributed by atoms with Gasteiger partial charge in [-0.15, -0.1) is 11.3 Å². The lowest BCUT2D eigenvalue weighted by molar-refractivity contribution is -0.112. The number of thiophene rings is 1. The van der Waals surface area contributed by atoms with Crippen LogP contribution >= 0.6 is 11.3 Å². The van der Waals surface area contributed by atoms with E-state index >= 15 is 0 Å². The average molecular weight is 395 g/mol. The van der Waals surface area contributed by atoms with Crippen LogP contribution in [-0.4, -0.2) is 18.9 Å². The standard InChI is InChI=1S/C21H21N3O3S/c1-12-3-8-16-17(9-12)28-21(18(16)19(23)25)24-20(26)14(11-22)10-13-4-6-15(27-2)7-5-13/h4-7,10,12H,3,8-9H2,1-2H3,(H2,23,25)(H,24,26)/b14-10-/t12-/m0/s1. The molecule has 6 nitrogen and oxygen atoms in total. The van der Waals surface area contributed by atoms with Crippen LogP contribution in [0.25, 0.3) is 6.08 Å². The van der Waals surface area contributed by atoms with E-state index in [9.17, 15) is 14.9 Å². The van der Waals surface area contributed by atoms with Gasteiger partial charge in [-0.05, 0) is 54.5 Å². The lowest BCUT2D eigenvalue weighted by Gasteiger charge is -2.18. The molecule has 0 aliphatic heterocycles. The second kappa shape index (κ2) is 8.28. The molecular formula is C21H21N3O3S. The van der Waals surface area contributed by atoms with Crippen molar-refractivity contribution in [1.82, 2.24) is 0 Å². The Hall–Kier alpha value is -3.11. The Morgan fingerprint density at radius 2 is 2.07 bits per heavy atom. The molecule has 0 fully saturated rings. The van der Waals surface area contributed by atoms with Crippen molar-refractivity contribution >= 4 is 34.2 Å². The summed E-state index contributed by atoms with van der Waals surface area (Å²) >= 11 is 1.38. The van der Waals surface area contributed by atoms with Crippen molar-refractivity contribution in [3.8, 4) is 11.8 Å². The van der Waals surface area contributed by atoms with Gasteiger partial charge in [0.25, 0.3) is 11.8 Å². The second-order valence-electron chi connectivity index (χ2n) is 6.82. The third-order valence-electron chi connectivity index (χ3n) is 4.78. The minimum Gasteiger partial charge on any atom is -0.497 e. The molecule has 1 aromatic heterocycles. The summed E-state index contributed by atoms with van der Waals surface area (Å²) in [5.41, 5.74) is 7.53. The predicted octanol–water partition coefficient (Wildman–Crippen LogP) is 3.53. The number of fused-ring (bicyclic) bond motifs is 1.